The molecule has 2 amide bonds. The van der Waals surface area contributed by atoms with E-state index in [9.17, 15) is 22.8 Å². The van der Waals surface area contributed by atoms with Gasteiger partial charge in [0.15, 0.2) is 6.61 Å². The first-order valence-electron chi connectivity index (χ1n) is 8.97. The summed E-state index contributed by atoms with van der Waals surface area (Å²) in [5.74, 6) is -2.01. The molecule has 1 heterocycles. The summed E-state index contributed by atoms with van der Waals surface area (Å²) in [4.78, 5) is 39.1. The van der Waals surface area contributed by atoms with E-state index in [-0.39, 0.29) is 10.7 Å². The summed E-state index contributed by atoms with van der Waals surface area (Å²) in [6.07, 6.45) is 1.34. The van der Waals surface area contributed by atoms with E-state index in [1.54, 1.807) is 13.0 Å². The van der Waals surface area contributed by atoms with E-state index in [2.05, 4.69) is 20.3 Å². The van der Waals surface area contributed by atoms with Crippen molar-refractivity contribution in [1.82, 2.24) is 15.0 Å². The van der Waals surface area contributed by atoms with Gasteiger partial charge < -0.3 is 15.4 Å². The number of carbonyl (C=O) groups excluding carboxylic acids is 3. The molecule has 0 spiro atoms. The fourth-order valence-electron chi connectivity index (χ4n) is 2.18. The summed E-state index contributed by atoms with van der Waals surface area (Å²) in [5, 5.41) is 5.01. The second kappa shape index (κ2) is 10.8. The van der Waals surface area contributed by atoms with Gasteiger partial charge in [0.25, 0.3) is 5.91 Å². The molecule has 31 heavy (non-hydrogen) atoms. The Balaban J connectivity index is 1.71. The lowest BCUT2D eigenvalue weighted by Gasteiger charge is -2.09. The van der Waals surface area contributed by atoms with Crippen LogP contribution in [0.3, 0.4) is 0 Å². The van der Waals surface area contributed by atoms with Crippen molar-refractivity contribution in [2.24, 2.45) is 0 Å². The fourth-order valence-corrected chi connectivity index (χ4v) is 3.36. The van der Waals surface area contributed by atoms with Gasteiger partial charge in [-0.2, -0.15) is 0 Å². The van der Waals surface area contributed by atoms with Crippen LogP contribution in [0.2, 0.25) is 5.02 Å². The zero-order chi connectivity index (χ0) is 23.0. The highest BCUT2D eigenvalue weighted by Crippen LogP contribution is 2.14. The minimum atomic E-state index is -3.88. The number of sulfonamides is 1. The lowest BCUT2D eigenvalue weighted by Crippen LogP contribution is -2.39. The number of nitrogens with zero attached hydrogens (tertiary/aromatic N) is 1. The monoisotopic (exact) mass is 468 g/mol. The van der Waals surface area contributed by atoms with Gasteiger partial charge in [0.05, 0.1) is 16.5 Å². The van der Waals surface area contributed by atoms with Crippen molar-refractivity contribution in [2.75, 3.05) is 25.0 Å². The number of nitrogens with one attached hydrogen (secondary N) is 3. The number of ether oxygens (including phenoxy) is 1. The van der Waals surface area contributed by atoms with Crippen molar-refractivity contribution < 1.29 is 27.5 Å². The van der Waals surface area contributed by atoms with Crippen LogP contribution in [-0.2, 0) is 29.1 Å². The van der Waals surface area contributed by atoms with Crippen molar-refractivity contribution in [3.8, 4) is 0 Å². The fraction of sp³-hybridized carbons (Fsp3) is 0.263. The smallest absolute Gasteiger partial charge is 0.325 e. The summed E-state index contributed by atoms with van der Waals surface area (Å²) in [5.41, 5.74) is 1.74. The van der Waals surface area contributed by atoms with Crippen molar-refractivity contribution >= 4 is 45.2 Å². The number of anilines is 1. The normalized spacial score (nSPS) is 10.9. The molecule has 166 valence electrons. The van der Waals surface area contributed by atoms with Crippen LogP contribution in [0.15, 0.2) is 41.4 Å². The molecule has 2 rings (SSSR count). The van der Waals surface area contributed by atoms with E-state index < -0.39 is 47.5 Å². The maximum Gasteiger partial charge on any atom is 0.325 e. The zero-order valence-electron chi connectivity index (χ0n) is 16.8. The van der Waals surface area contributed by atoms with Gasteiger partial charge in [0.2, 0.25) is 15.9 Å². The van der Waals surface area contributed by atoms with Crippen molar-refractivity contribution in [3.05, 3.63) is 52.7 Å². The average Bonchev–Trinajstić information content (AvgIpc) is 2.73. The number of benzene rings is 1. The Labute approximate surface area is 184 Å². The Morgan fingerprint density at radius 3 is 2.42 bits per heavy atom. The maximum atomic E-state index is 12.2. The molecule has 0 bridgehead atoms. The number of amides is 2. The SMILES string of the molecule is Cc1ccc(S(=O)(=O)NCC(=O)NCC(=O)OCC(=O)Nc2ccc(Cl)cn2)cc1C. The van der Waals surface area contributed by atoms with Crippen LogP contribution in [0, 0.1) is 13.8 Å². The largest absolute Gasteiger partial charge is 0.454 e. The van der Waals surface area contributed by atoms with E-state index in [0.717, 1.165) is 11.1 Å². The molecule has 0 aliphatic rings. The first kappa shape index (κ1) is 24.3. The molecule has 0 saturated carbocycles. The molecule has 0 atom stereocenters. The molecule has 12 heteroatoms. The predicted molar refractivity (Wildman–Crippen MR) is 113 cm³/mol. The number of hydrogen-bond donors (Lipinski definition) is 3. The lowest BCUT2D eigenvalue weighted by molar-refractivity contribution is -0.147. The maximum absolute atomic E-state index is 12.2. The standard InChI is InChI=1S/C19H21ClN4O6S/c1-12-3-5-15(7-13(12)2)31(28,29)23-9-17(25)22-10-19(27)30-11-18(26)24-16-6-4-14(20)8-21-16/h3-8,23H,9-11H2,1-2H3,(H,22,25)(H,21,24,26). The molecule has 0 fully saturated rings. The number of pyridine rings is 1. The zero-order valence-corrected chi connectivity index (χ0v) is 18.3. The van der Waals surface area contributed by atoms with Crippen LogP contribution in [-0.4, -0.2) is 50.9 Å². The van der Waals surface area contributed by atoms with E-state index >= 15 is 0 Å². The van der Waals surface area contributed by atoms with Crippen molar-refractivity contribution in [2.45, 2.75) is 18.7 Å². The summed E-state index contributed by atoms with van der Waals surface area (Å²) < 4.78 is 31.4. The van der Waals surface area contributed by atoms with E-state index in [4.69, 9.17) is 16.3 Å². The molecule has 10 nitrogen and oxygen atoms in total. The lowest BCUT2D eigenvalue weighted by atomic mass is 10.1. The molecule has 0 aliphatic carbocycles. The first-order chi connectivity index (χ1) is 14.6. The minimum absolute atomic E-state index is 0.0315. The highest BCUT2D eigenvalue weighted by Gasteiger charge is 2.17. The van der Waals surface area contributed by atoms with Crippen molar-refractivity contribution in [1.29, 1.82) is 0 Å². The molecule has 0 aliphatic heterocycles. The van der Waals surface area contributed by atoms with Gasteiger partial charge in [0.1, 0.15) is 12.4 Å². The summed E-state index contributed by atoms with van der Waals surface area (Å²) in [7, 11) is -3.88. The Bertz CT molecular complexity index is 1070. The molecule has 1 aromatic heterocycles. The summed E-state index contributed by atoms with van der Waals surface area (Å²) >= 11 is 5.68. The molecular weight excluding hydrogens is 448 g/mol. The van der Waals surface area contributed by atoms with Crippen LogP contribution in [0.5, 0.6) is 0 Å². The second-order valence-electron chi connectivity index (χ2n) is 6.42. The number of aromatic nitrogens is 1. The first-order valence-corrected chi connectivity index (χ1v) is 10.8. The van der Waals surface area contributed by atoms with Crippen molar-refractivity contribution in [3.63, 3.8) is 0 Å². The van der Waals surface area contributed by atoms with Gasteiger partial charge in [-0.3, -0.25) is 14.4 Å². The van der Waals surface area contributed by atoms with Gasteiger partial charge in [0, 0.05) is 6.20 Å². The van der Waals surface area contributed by atoms with Crippen LogP contribution in [0.25, 0.3) is 0 Å². The van der Waals surface area contributed by atoms with E-state index in [0.29, 0.717) is 5.02 Å². The third-order valence-electron chi connectivity index (χ3n) is 4.00. The Kier molecular flexibility index (Phi) is 8.48. The Hall–Kier alpha value is -3.02. The number of carbonyl (C=O) groups is 3. The number of hydrogen-bond acceptors (Lipinski definition) is 7. The quantitative estimate of drug-likeness (QED) is 0.464. The molecule has 1 aromatic carbocycles. The molecule has 2 aromatic rings. The number of rotatable bonds is 9. The van der Waals surface area contributed by atoms with Gasteiger partial charge >= 0.3 is 5.97 Å². The van der Waals surface area contributed by atoms with Gasteiger partial charge in [-0.05, 0) is 49.2 Å². The van der Waals surface area contributed by atoms with Crippen LogP contribution >= 0.6 is 11.6 Å². The van der Waals surface area contributed by atoms with Gasteiger partial charge in [-0.1, -0.05) is 17.7 Å². The van der Waals surface area contributed by atoms with Gasteiger partial charge in [-0.25, -0.2) is 18.1 Å². The van der Waals surface area contributed by atoms with Crippen LogP contribution in [0.1, 0.15) is 11.1 Å². The van der Waals surface area contributed by atoms with E-state index in [1.807, 2.05) is 6.92 Å². The highest BCUT2D eigenvalue weighted by atomic mass is 35.5. The molecule has 3 N–H and O–H groups in total. The molecule has 0 unspecified atom stereocenters. The molecule has 0 radical (unpaired) electrons. The van der Waals surface area contributed by atoms with Crippen LogP contribution < -0.4 is 15.4 Å². The highest BCUT2D eigenvalue weighted by molar-refractivity contribution is 7.89. The third kappa shape index (κ3) is 7.96. The topological polar surface area (TPSA) is 144 Å². The Morgan fingerprint density at radius 1 is 1.03 bits per heavy atom. The molecule has 0 saturated heterocycles. The van der Waals surface area contributed by atoms with Crippen LogP contribution in [0.4, 0.5) is 5.82 Å². The number of aryl methyl sites for hydroxylation is 2. The summed E-state index contributed by atoms with van der Waals surface area (Å²) in [6.45, 7) is 1.95. The van der Waals surface area contributed by atoms with E-state index in [1.165, 1.54) is 30.5 Å². The van der Waals surface area contributed by atoms with Gasteiger partial charge in [-0.15, -0.1) is 0 Å². The Morgan fingerprint density at radius 2 is 1.77 bits per heavy atom. The molecular formula is C19H21ClN4O6S. The second-order valence-corrected chi connectivity index (χ2v) is 8.62. The number of halogens is 1. The number of esters is 1. The average molecular weight is 469 g/mol. The minimum Gasteiger partial charge on any atom is -0.454 e. The summed E-state index contributed by atoms with van der Waals surface area (Å²) in [6, 6.07) is 7.60. The predicted octanol–water partition coefficient (Wildman–Crippen LogP) is 0.928. The third-order valence-corrected chi connectivity index (χ3v) is 5.62.